The number of aryl methyl sites for hydroxylation is 1. The van der Waals surface area contributed by atoms with Crippen LogP contribution in [-0.4, -0.2) is 49.3 Å². The molecule has 218 valence electrons. The van der Waals surface area contributed by atoms with Crippen LogP contribution in [0.25, 0.3) is 16.5 Å². The molecule has 0 aliphatic carbocycles. The average Bonchev–Trinajstić information content (AvgIpc) is 3.01. The van der Waals surface area contributed by atoms with Crippen LogP contribution in [0.3, 0.4) is 0 Å². The number of nitrogens with one attached hydrogen (secondary N) is 1. The molecule has 2 aliphatic heterocycles. The number of hydrogen-bond acceptors (Lipinski definition) is 5. The van der Waals surface area contributed by atoms with Crippen molar-refractivity contribution < 1.29 is 18.6 Å². The second-order valence-electron chi connectivity index (χ2n) is 11.3. The first kappa shape index (κ1) is 28.0. The van der Waals surface area contributed by atoms with Crippen molar-refractivity contribution >= 4 is 16.5 Å². The smallest absolute Gasteiger partial charge is 0.251 e. The van der Waals surface area contributed by atoms with Gasteiger partial charge in [-0.25, -0.2) is 4.39 Å². The lowest BCUT2D eigenvalue weighted by Gasteiger charge is -2.32. The number of ether oxygens (including phenoxy) is 3. The molecular weight excluding hydrogens is 531 g/mol. The van der Waals surface area contributed by atoms with Gasteiger partial charge in [-0.3, -0.25) is 4.79 Å². The van der Waals surface area contributed by atoms with E-state index in [1.54, 1.807) is 12.1 Å². The molecule has 1 fully saturated rings. The van der Waals surface area contributed by atoms with Crippen molar-refractivity contribution in [2.24, 2.45) is 5.92 Å². The molecular formula is C35H37FN2O4. The van der Waals surface area contributed by atoms with Gasteiger partial charge in [0.15, 0.2) is 11.5 Å². The minimum atomic E-state index is -0.257. The molecule has 6 nitrogen and oxygen atoms in total. The monoisotopic (exact) mass is 568 g/mol. The molecule has 0 spiro atoms. The van der Waals surface area contributed by atoms with Crippen LogP contribution in [0.15, 0.2) is 77.1 Å². The Morgan fingerprint density at radius 2 is 1.67 bits per heavy atom. The van der Waals surface area contributed by atoms with Crippen molar-refractivity contribution in [2.75, 3.05) is 39.5 Å². The van der Waals surface area contributed by atoms with E-state index in [9.17, 15) is 9.18 Å². The fourth-order valence-electron chi connectivity index (χ4n) is 5.96. The van der Waals surface area contributed by atoms with Crippen molar-refractivity contribution in [3.8, 4) is 17.2 Å². The number of H-pyrrole nitrogens is 1. The van der Waals surface area contributed by atoms with Gasteiger partial charge in [0.25, 0.3) is 5.56 Å². The SMILES string of the molecule is CCc1cc2cc(C(=C3CCN(CC(C)COc4ccc(F)cc4)CC3)c3ccc4c(c3)OCCO4)ccc2[nH]c1=O. The Balaban J connectivity index is 1.25. The number of nitrogens with zero attached hydrogens (tertiary/aromatic N) is 1. The first-order chi connectivity index (χ1) is 20.5. The van der Waals surface area contributed by atoms with Crippen LogP contribution < -0.4 is 19.8 Å². The highest BCUT2D eigenvalue weighted by Gasteiger charge is 2.22. The lowest BCUT2D eigenvalue weighted by atomic mass is 9.87. The number of pyridine rings is 1. The molecule has 1 aromatic heterocycles. The highest BCUT2D eigenvalue weighted by atomic mass is 19.1. The Morgan fingerprint density at radius 3 is 2.43 bits per heavy atom. The van der Waals surface area contributed by atoms with E-state index in [0.29, 0.717) is 37.9 Å². The van der Waals surface area contributed by atoms with Gasteiger partial charge in [0.1, 0.15) is 24.8 Å². The molecule has 1 atom stereocenters. The van der Waals surface area contributed by atoms with Gasteiger partial charge in [-0.2, -0.15) is 0 Å². The van der Waals surface area contributed by atoms with Crippen molar-refractivity contribution in [2.45, 2.75) is 33.1 Å². The normalized spacial score (nSPS) is 15.9. The van der Waals surface area contributed by atoms with Crippen molar-refractivity contribution in [3.05, 3.63) is 105 Å². The Kier molecular flexibility index (Phi) is 8.29. The summed E-state index contributed by atoms with van der Waals surface area (Å²) in [7, 11) is 0. The summed E-state index contributed by atoms with van der Waals surface area (Å²) in [5.41, 5.74) is 6.51. The minimum absolute atomic E-state index is 0.0205. The summed E-state index contributed by atoms with van der Waals surface area (Å²) in [4.78, 5) is 17.9. The number of likely N-dealkylation sites (tertiary alicyclic amines) is 1. The topological polar surface area (TPSA) is 63.8 Å². The summed E-state index contributed by atoms with van der Waals surface area (Å²) in [5.74, 6) is 2.34. The lowest BCUT2D eigenvalue weighted by molar-refractivity contribution is 0.171. The first-order valence-corrected chi connectivity index (χ1v) is 14.9. The zero-order chi connectivity index (χ0) is 29.1. The van der Waals surface area contributed by atoms with Gasteiger partial charge in [0.2, 0.25) is 0 Å². The summed E-state index contributed by atoms with van der Waals surface area (Å²) < 4.78 is 30.8. The molecule has 2 aliphatic rings. The van der Waals surface area contributed by atoms with Gasteiger partial charge in [-0.05, 0) is 95.9 Å². The number of piperidine rings is 1. The third-order valence-corrected chi connectivity index (χ3v) is 8.15. The molecule has 1 saturated heterocycles. The molecule has 4 aromatic rings. The van der Waals surface area contributed by atoms with E-state index in [2.05, 4.69) is 41.1 Å². The van der Waals surface area contributed by atoms with Gasteiger partial charge in [-0.15, -0.1) is 0 Å². The third-order valence-electron chi connectivity index (χ3n) is 8.15. The van der Waals surface area contributed by atoms with Gasteiger partial charge in [-0.1, -0.05) is 31.6 Å². The summed E-state index contributed by atoms with van der Waals surface area (Å²) in [5, 5.41) is 1.03. The van der Waals surface area contributed by atoms with Crippen LogP contribution in [0.2, 0.25) is 0 Å². The molecule has 3 aromatic carbocycles. The van der Waals surface area contributed by atoms with Crippen LogP contribution in [-0.2, 0) is 6.42 Å². The predicted molar refractivity (Wildman–Crippen MR) is 164 cm³/mol. The van der Waals surface area contributed by atoms with Crippen LogP contribution in [0.5, 0.6) is 17.2 Å². The molecule has 0 bridgehead atoms. The maximum absolute atomic E-state index is 13.2. The highest BCUT2D eigenvalue weighted by molar-refractivity contribution is 5.89. The highest BCUT2D eigenvalue weighted by Crippen LogP contribution is 2.39. The van der Waals surface area contributed by atoms with Crippen molar-refractivity contribution in [1.29, 1.82) is 0 Å². The second kappa shape index (κ2) is 12.4. The van der Waals surface area contributed by atoms with Crippen LogP contribution in [0, 0.1) is 11.7 Å². The van der Waals surface area contributed by atoms with E-state index < -0.39 is 0 Å². The molecule has 1 N–H and O–H groups in total. The van der Waals surface area contributed by atoms with Gasteiger partial charge >= 0.3 is 0 Å². The van der Waals surface area contributed by atoms with E-state index in [4.69, 9.17) is 14.2 Å². The van der Waals surface area contributed by atoms with E-state index in [-0.39, 0.29) is 11.4 Å². The summed E-state index contributed by atoms with van der Waals surface area (Å²) in [6.45, 7) is 8.76. The standard InChI is InChI=1S/C35H37FN2O4/c1-3-24-18-28-19-26(4-10-31(28)37-35(24)39)34(27-5-11-32-33(20-27)41-17-16-40-32)25-12-14-38(15-13-25)21-23(2)22-42-30-8-6-29(36)7-9-30/h4-11,18-20,23H,3,12-17,21-22H2,1-2H3,(H,37,39). The number of aromatic amines is 1. The maximum atomic E-state index is 13.2. The van der Waals surface area contributed by atoms with Crippen molar-refractivity contribution in [3.63, 3.8) is 0 Å². The zero-order valence-corrected chi connectivity index (χ0v) is 24.3. The van der Waals surface area contributed by atoms with Crippen LogP contribution >= 0.6 is 0 Å². The maximum Gasteiger partial charge on any atom is 0.251 e. The Bertz CT molecular complexity index is 1650. The summed E-state index contributed by atoms with van der Waals surface area (Å²) in [6.07, 6.45) is 2.60. The van der Waals surface area contributed by atoms with E-state index in [1.165, 1.54) is 23.3 Å². The Labute approximate surface area is 245 Å². The lowest BCUT2D eigenvalue weighted by Crippen LogP contribution is -2.36. The first-order valence-electron chi connectivity index (χ1n) is 14.9. The largest absolute Gasteiger partial charge is 0.493 e. The average molecular weight is 569 g/mol. The number of hydrogen-bond donors (Lipinski definition) is 1. The van der Waals surface area contributed by atoms with Gasteiger partial charge in [0.05, 0.1) is 6.61 Å². The summed E-state index contributed by atoms with van der Waals surface area (Å²) in [6, 6.07) is 20.8. The molecule has 1 unspecified atom stereocenters. The van der Waals surface area contributed by atoms with E-state index in [0.717, 1.165) is 71.6 Å². The van der Waals surface area contributed by atoms with Gasteiger partial charge < -0.3 is 24.1 Å². The number of aromatic nitrogens is 1. The zero-order valence-electron chi connectivity index (χ0n) is 24.3. The Morgan fingerprint density at radius 1 is 0.952 bits per heavy atom. The molecule has 0 saturated carbocycles. The number of benzene rings is 3. The Hall–Kier alpha value is -4.10. The van der Waals surface area contributed by atoms with Gasteiger partial charge in [0, 0.05) is 36.6 Å². The number of halogens is 1. The van der Waals surface area contributed by atoms with Crippen LogP contribution in [0.1, 0.15) is 43.4 Å². The quantitative estimate of drug-likeness (QED) is 0.259. The number of rotatable bonds is 8. The molecule has 6 rings (SSSR count). The minimum Gasteiger partial charge on any atom is -0.493 e. The van der Waals surface area contributed by atoms with Crippen LogP contribution in [0.4, 0.5) is 4.39 Å². The molecule has 42 heavy (non-hydrogen) atoms. The summed E-state index contributed by atoms with van der Waals surface area (Å²) >= 11 is 0. The molecule has 0 radical (unpaired) electrons. The molecule has 7 heteroatoms. The third kappa shape index (κ3) is 6.21. The van der Waals surface area contributed by atoms with E-state index in [1.807, 2.05) is 25.1 Å². The second-order valence-corrected chi connectivity index (χ2v) is 11.3. The van der Waals surface area contributed by atoms with Crippen molar-refractivity contribution in [1.82, 2.24) is 9.88 Å². The predicted octanol–water partition coefficient (Wildman–Crippen LogP) is 6.61. The molecule has 3 heterocycles. The number of fused-ring (bicyclic) bond motifs is 2. The van der Waals surface area contributed by atoms with E-state index >= 15 is 0 Å². The molecule has 0 amide bonds. The fourth-order valence-corrected chi connectivity index (χ4v) is 5.96. The fraction of sp³-hybridized carbons (Fsp3) is 0.343.